The molecule has 0 aromatic heterocycles. The summed E-state index contributed by atoms with van der Waals surface area (Å²) in [6, 6.07) is 0. The van der Waals surface area contributed by atoms with Crippen molar-refractivity contribution in [2.45, 2.75) is 174 Å². The van der Waals surface area contributed by atoms with Crippen LogP contribution in [-0.4, -0.2) is 38.0 Å². The van der Waals surface area contributed by atoms with Crippen LogP contribution >= 0.6 is 0 Å². The van der Waals surface area contributed by atoms with Gasteiger partial charge in [0.1, 0.15) is 0 Å². The van der Waals surface area contributed by atoms with Gasteiger partial charge in [0.05, 0.1) is 32.0 Å². The molecule has 0 N–H and O–H groups in total. The highest BCUT2D eigenvalue weighted by Crippen LogP contribution is 2.41. The van der Waals surface area contributed by atoms with Crippen LogP contribution in [0.25, 0.3) is 0 Å². The molecule has 0 aromatic carbocycles. The summed E-state index contributed by atoms with van der Waals surface area (Å²) in [5, 5.41) is 0. The number of epoxide rings is 1. The fraction of sp³-hybridized carbons (Fsp3) is 1.00. The summed E-state index contributed by atoms with van der Waals surface area (Å²) < 4.78 is 25.6. The van der Waals surface area contributed by atoms with Crippen LogP contribution in [-0.2, 0) is 18.9 Å². The van der Waals surface area contributed by atoms with Crippen LogP contribution in [0.2, 0.25) is 0 Å². The fourth-order valence-corrected chi connectivity index (χ4v) is 5.80. The highest BCUT2D eigenvalue weighted by atomic mass is 16.9. The molecule has 1 aliphatic carbocycles. The first-order valence-corrected chi connectivity index (χ1v) is 16.3. The first-order chi connectivity index (χ1) is 17.7. The number of ether oxygens (including phenoxy) is 4. The van der Waals surface area contributed by atoms with E-state index in [0.29, 0.717) is 18.1 Å². The number of rotatable bonds is 25. The second-order valence-electron chi connectivity index (χ2n) is 11.6. The van der Waals surface area contributed by atoms with Crippen LogP contribution in [0.3, 0.4) is 0 Å². The molecule has 1 heterocycles. The van der Waals surface area contributed by atoms with E-state index in [1.807, 2.05) is 0 Å². The lowest BCUT2D eigenvalue weighted by atomic mass is 9.84. The van der Waals surface area contributed by atoms with Crippen LogP contribution < -0.4 is 0 Å². The summed E-state index contributed by atoms with van der Waals surface area (Å²) in [5.41, 5.74) is 0. The molecule has 4 nitrogen and oxygen atoms in total. The van der Waals surface area contributed by atoms with Crippen molar-refractivity contribution in [2.24, 2.45) is 11.8 Å². The average molecular weight is 511 g/mol. The highest BCUT2D eigenvalue weighted by molar-refractivity contribution is 4.91. The maximum atomic E-state index is 6.63. The molecule has 2 rings (SSSR count). The molecule has 2 fully saturated rings. The molecule has 1 saturated heterocycles. The molecule has 0 amide bonds. The van der Waals surface area contributed by atoms with E-state index in [4.69, 9.17) is 18.9 Å². The third kappa shape index (κ3) is 12.6. The quantitative estimate of drug-likeness (QED) is 0.0696. The van der Waals surface area contributed by atoms with Gasteiger partial charge in [-0.05, 0) is 57.3 Å². The Morgan fingerprint density at radius 2 is 1.14 bits per heavy atom. The van der Waals surface area contributed by atoms with Crippen molar-refractivity contribution in [3.05, 3.63) is 0 Å². The highest BCUT2D eigenvalue weighted by Gasteiger charge is 2.44. The van der Waals surface area contributed by atoms with Gasteiger partial charge in [-0.25, -0.2) is 0 Å². The Hall–Kier alpha value is -0.160. The molecule has 4 atom stereocenters. The van der Waals surface area contributed by atoms with Crippen molar-refractivity contribution in [3.63, 3.8) is 0 Å². The molecule has 0 aromatic rings. The van der Waals surface area contributed by atoms with Gasteiger partial charge < -0.3 is 18.9 Å². The van der Waals surface area contributed by atoms with E-state index in [0.717, 1.165) is 77.1 Å². The van der Waals surface area contributed by atoms with E-state index in [1.165, 1.54) is 77.0 Å². The molecule has 1 aliphatic heterocycles. The van der Waals surface area contributed by atoms with Crippen LogP contribution in [0.1, 0.15) is 156 Å². The number of hydrogen-bond donors (Lipinski definition) is 0. The Balaban J connectivity index is 2.00. The van der Waals surface area contributed by atoms with E-state index in [9.17, 15) is 0 Å². The molecule has 36 heavy (non-hydrogen) atoms. The van der Waals surface area contributed by atoms with Gasteiger partial charge in [0.15, 0.2) is 0 Å². The molecule has 0 bridgehead atoms. The Labute approximate surface area is 224 Å². The molecular weight excluding hydrogens is 448 g/mol. The predicted octanol–water partition coefficient (Wildman–Crippen LogP) is 9.59. The van der Waals surface area contributed by atoms with Crippen molar-refractivity contribution >= 4 is 0 Å². The summed E-state index contributed by atoms with van der Waals surface area (Å²) in [6.07, 6.45) is 25.9. The Morgan fingerprint density at radius 1 is 0.611 bits per heavy atom. The van der Waals surface area contributed by atoms with Crippen molar-refractivity contribution in [1.29, 1.82) is 0 Å². The van der Waals surface area contributed by atoms with Crippen LogP contribution in [0.4, 0.5) is 0 Å². The summed E-state index contributed by atoms with van der Waals surface area (Å²) in [5.74, 6) is 0.331. The van der Waals surface area contributed by atoms with Crippen LogP contribution in [0.5, 0.6) is 0 Å². The van der Waals surface area contributed by atoms with Gasteiger partial charge >= 0.3 is 0 Å². The van der Waals surface area contributed by atoms with E-state index >= 15 is 0 Å². The van der Waals surface area contributed by atoms with Crippen LogP contribution in [0, 0.1) is 11.8 Å². The van der Waals surface area contributed by atoms with E-state index in [2.05, 4.69) is 27.7 Å². The van der Waals surface area contributed by atoms with Gasteiger partial charge in [0.2, 0.25) is 0 Å². The monoisotopic (exact) mass is 510 g/mol. The Kier molecular flexibility index (Phi) is 17.7. The molecular formula is C32H62O4. The Morgan fingerprint density at radius 3 is 1.69 bits per heavy atom. The minimum absolute atomic E-state index is 0.316. The zero-order valence-electron chi connectivity index (χ0n) is 24.7. The third-order valence-corrected chi connectivity index (χ3v) is 8.34. The first kappa shape index (κ1) is 32.1. The molecule has 2 aliphatic rings. The second-order valence-corrected chi connectivity index (χ2v) is 11.6. The van der Waals surface area contributed by atoms with Crippen molar-refractivity contribution in [1.82, 2.24) is 0 Å². The van der Waals surface area contributed by atoms with E-state index in [-0.39, 0.29) is 0 Å². The minimum atomic E-state index is -0.858. The van der Waals surface area contributed by atoms with Gasteiger partial charge in [-0.1, -0.05) is 105 Å². The first-order valence-electron chi connectivity index (χ1n) is 16.3. The third-order valence-electron chi connectivity index (χ3n) is 8.34. The zero-order chi connectivity index (χ0) is 25.9. The maximum absolute atomic E-state index is 6.63. The summed E-state index contributed by atoms with van der Waals surface area (Å²) >= 11 is 0. The standard InChI is InChI=1S/C32H62O4/c1-5-9-13-14-15-16-20-29(21-18-17-19-28-22-23-30-31(27-28)36-30)32(33-24-10-6-2,34-25-11-7-3)35-26-12-8-4/h28-31H,5-27H2,1-4H3. The van der Waals surface area contributed by atoms with Gasteiger partial charge in [0.25, 0.3) is 5.97 Å². The summed E-state index contributed by atoms with van der Waals surface area (Å²) in [6.45, 7) is 11.2. The molecule has 4 heteroatoms. The number of fused-ring (bicyclic) bond motifs is 1. The summed E-state index contributed by atoms with van der Waals surface area (Å²) in [7, 11) is 0. The van der Waals surface area contributed by atoms with Gasteiger partial charge in [-0.15, -0.1) is 0 Å². The Bertz CT molecular complexity index is 484. The molecule has 1 saturated carbocycles. The zero-order valence-corrected chi connectivity index (χ0v) is 24.7. The normalized spacial score (nSPS) is 22.5. The van der Waals surface area contributed by atoms with Gasteiger partial charge in [0, 0.05) is 5.92 Å². The number of hydrogen-bond acceptors (Lipinski definition) is 4. The topological polar surface area (TPSA) is 40.2 Å². The van der Waals surface area contributed by atoms with Crippen molar-refractivity contribution < 1.29 is 18.9 Å². The predicted molar refractivity (Wildman–Crippen MR) is 151 cm³/mol. The largest absolute Gasteiger partial charge is 0.370 e. The lowest BCUT2D eigenvalue weighted by Crippen LogP contribution is -2.47. The second kappa shape index (κ2) is 19.8. The SMILES string of the molecule is CCCCCCCCC(CCCCC1CCC2OC2C1)C(OCCCC)(OCCCC)OCCCC. The molecule has 4 unspecified atom stereocenters. The fourth-order valence-electron chi connectivity index (χ4n) is 5.80. The van der Waals surface area contributed by atoms with Crippen molar-refractivity contribution in [2.75, 3.05) is 19.8 Å². The lowest BCUT2D eigenvalue weighted by molar-refractivity contribution is -0.407. The van der Waals surface area contributed by atoms with Gasteiger partial charge in [-0.3, -0.25) is 0 Å². The van der Waals surface area contributed by atoms with Crippen LogP contribution in [0.15, 0.2) is 0 Å². The van der Waals surface area contributed by atoms with E-state index < -0.39 is 5.97 Å². The average Bonchev–Trinajstić information content (AvgIpc) is 3.66. The summed E-state index contributed by atoms with van der Waals surface area (Å²) in [4.78, 5) is 0. The van der Waals surface area contributed by atoms with E-state index in [1.54, 1.807) is 0 Å². The smallest absolute Gasteiger partial charge is 0.285 e. The van der Waals surface area contributed by atoms with Gasteiger partial charge in [-0.2, -0.15) is 0 Å². The molecule has 0 spiro atoms. The van der Waals surface area contributed by atoms with Crippen molar-refractivity contribution in [3.8, 4) is 0 Å². The number of unbranched alkanes of at least 4 members (excludes halogenated alkanes) is 9. The molecule has 0 radical (unpaired) electrons. The maximum Gasteiger partial charge on any atom is 0.285 e. The lowest BCUT2D eigenvalue weighted by Gasteiger charge is -2.40. The minimum Gasteiger partial charge on any atom is -0.370 e. The molecule has 214 valence electrons.